The van der Waals surface area contributed by atoms with Gasteiger partial charge in [-0.15, -0.1) is 0 Å². The minimum absolute atomic E-state index is 0.616. The number of nitrogens with zero attached hydrogens (tertiary/aromatic N) is 3. The molecule has 1 aliphatic rings. The molecule has 0 amide bonds. The molecule has 6 heteroatoms. The minimum Gasteiger partial charge on any atom is -0.356 e. The lowest BCUT2D eigenvalue weighted by molar-refractivity contribution is 0.385. The highest BCUT2D eigenvalue weighted by atomic mass is 16.5. The van der Waals surface area contributed by atoms with Crippen molar-refractivity contribution in [1.82, 2.24) is 15.5 Å². The molecule has 0 saturated carbocycles. The summed E-state index contributed by atoms with van der Waals surface area (Å²) in [5.41, 5.74) is 6.77. The summed E-state index contributed by atoms with van der Waals surface area (Å²) in [6, 6.07) is 12.5. The normalized spacial score (nSPS) is 13.8. The van der Waals surface area contributed by atoms with Crippen LogP contribution >= 0.6 is 0 Å². The SMILES string of the molecule is Cc1ccc(-c2noc(Cc3cc(C)c(NC4=NCCCN4)cc3C)n2)cc1. The van der Waals surface area contributed by atoms with Gasteiger partial charge in [0.25, 0.3) is 0 Å². The Balaban J connectivity index is 1.51. The van der Waals surface area contributed by atoms with Crippen LogP contribution in [-0.2, 0) is 6.42 Å². The lowest BCUT2D eigenvalue weighted by atomic mass is 10.0. The number of aryl methyl sites for hydroxylation is 3. The molecule has 1 aliphatic heterocycles. The second-order valence-corrected chi connectivity index (χ2v) is 7.28. The third-order valence-corrected chi connectivity index (χ3v) is 4.95. The highest BCUT2D eigenvalue weighted by molar-refractivity contribution is 5.94. The van der Waals surface area contributed by atoms with Crippen molar-refractivity contribution < 1.29 is 4.52 Å². The molecule has 0 fully saturated rings. The van der Waals surface area contributed by atoms with E-state index in [-0.39, 0.29) is 0 Å². The Morgan fingerprint density at radius 2 is 1.89 bits per heavy atom. The van der Waals surface area contributed by atoms with Crippen molar-refractivity contribution >= 4 is 11.6 Å². The zero-order valence-corrected chi connectivity index (χ0v) is 16.5. The second-order valence-electron chi connectivity index (χ2n) is 7.28. The van der Waals surface area contributed by atoms with Crippen molar-refractivity contribution in [3.05, 3.63) is 64.5 Å². The maximum absolute atomic E-state index is 5.49. The van der Waals surface area contributed by atoms with E-state index < -0.39 is 0 Å². The van der Waals surface area contributed by atoms with Crippen molar-refractivity contribution in [3.8, 4) is 11.4 Å². The fourth-order valence-corrected chi connectivity index (χ4v) is 3.25. The van der Waals surface area contributed by atoms with Crippen LogP contribution in [0.1, 0.15) is 34.6 Å². The number of guanidine groups is 1. The van der Waals surface area contributed by atoms with Crippen molar-refractivity contribution in [2.75, 3.05) is 18.4 Å². The van der Waals surface area contributed by atoms with E-state index in [9.17, 15) is 0 Å². The number of hydrogen-bond acceptors (Lipinski definition) is 6. The van der Waals surface area contributed by atoms with Gasteiger partial charge in [-0.05, 0) is 49.9 Å². The summed E-state index contributed by atoms with van der Waals surface area (Å²) in [5, 5.41) is 10.8. The topological polar surface area (TPSA) is 75.3 Å². The van der Waals surface area contributed by atoms with Crippen LogP contribution in [0.5, 0.6) is 0 Å². The molecule has 2 N–H and O–H groups in total. The Hall–Kier alpha value is -3.15. The molecule has 0 atom stereocenters. The van der Waals surface area contributed by atoms with Crippen LogP contribution in [-0.4, -0.2) is 29.2 Å². The number of nitrogens with one attached hydrogen (secondary N) is 2. The number of hydrogen-bond donors (Lipinski definition) is 2. The van der Waals surface area contributed by atoms with Gasteiger partial charge in [0.1, 0.15) is 0 Å². The van der Waals surface area contributed by atoms with Crippen LogP contribution < -0.4 is 10.6 Å². The van der Waals surface area contributed by atoms with E-state index in [1.54, 1.807) is 0 Å². The lowest BCUT2D eigenvalue weighted by Gasteiger charge is -2.18. The van der Waals surface area contributed by atoms with Crippen LogP contribution in [0.2, 0.25) is 0 Å². The molecule has 0 spiro atoms. The summed E-state index contributed by atoms with van der Waals surface area (Å²) in [6.07, 6.45) is 1.70. The Labute approximate surface area is 165 Å². The summed E-state index contributed by atoms with van der Waals surface area (Å²) in [4.78, 5) is 9.05. The first kappa shape index (κ1) is 18.2. The van der Waals surface area contributed by atoms with Gasteiger partial charge in [-0.2, -0.15) is 4.98 Å². The first-order valence-corrected chi connectivity index (χ1v) is 9.63. The zero-order chi connectivity index (χ0) is 19.5. The molecule has 2 aromatic carbocycles. The molecule has 144 valence electrons. The lowest BCUT2D eigenvalue weighted by Crippen LogP contribution is -2.35. The summed E-state index contributed by atoms with van der Waals surface area (Å²) in [7, 11) is 0. The summed E-state index contributed by atoms with van der Waals surface area (Å²) < 4.78 is 5.49. The largest absolute Gasteiger partial charge is 0.356 e. The van der Waals surface area contributed by atoms with E-state index in [2.05, 4.69) is 70.8 Å². The van der Waals surface area contributed by atoms with Gasteiger partial charge in [0.2, 0.25) is 11.7 Å². The molecule has 4 rings (SSSR count). The quantitative estimate of drug-likeness (QED) is 0.720. The second kappa shape index (κ2) is 7.84. The minimum atomic E-state index is 0.616. The molecular weight excluding hydrogens is 350 g/mol. The molecule has 28 heavy (non-hydrogen) atoms. The van der Waals surface area contributed by atoms with Crippen molar-refractivity contribution in [1.29, 1.82) is 0 Å². The Morgan fingerprint density at radius 3 is 2.64 bits per heavy atom. The van der Waals surface area contributed by atoms with E-state index in [4.69, 9.17) is 4.52 Å². The highest BCUT2D eigenvalue weighted by Crippen LogP contribution is 2.24. The zero-order valence-electron chi connectivity index (χ0n) is 16.5. The molecule has 0 unspecified atom stereocenters. The van der Waals surface area contributed by atoms with Gasteiger partial charge in [0.05, 0.1) is 6.42 Å². The van der Waals surface area contributed by atoms with Crippen LogP contribution in [0.3, 0.4) is 0 Å². The third kappa shape index (κ3) is 4.06. The number of aromatic nitrogens is 2. The van der Waals surface area contributed by atoms with Gasteiger partial charge in [0.15, 0.2) is 5.96 Å². The Bertz CT molecular complexity index is 1000. The van der Waals surface area contributed by atoms with Crippen LogP contribution in [0.15, 0.2) is 45.9 Å². The smallest absolute Gasteiger partial charge is 0.231 e. The summed E-state index contributed by atoms with van der Waals surface area (Å²) in [5.74, 6) is 2.10. The van der Waals surface area contributed by atoms with E-state index in [0.717, 1.165) is 42.3 Å². The molecular formula is C22H25N5O. The van der Waals surface area contributed by atoms with Gasteiger partial charge >= 0.3 is 0 Å². The average molecular weight is 375 g/mol. The van der Waals surface area contributed by atoms with E-state index >= 15 is 0 Å². The van der Waals surface area contributed by atoms with E-state index in [1.165, 1.54) is 16.7 Å². The molecule has 0 aliphatic carbocycles. The van der Waals surface area contributed by atoms with Gasteiger partial charge < -0.3 is 15.2 Å². The van der Waals surface area contributed by atoms with Crippen molar-refractivity contribution in [2.24, 2.45) is 4.99 Å². The maximum Gasteiger partial charge on any atom is 0.231 e. The highest BCUT2D eigenvalue weighted by Gasteiger charge is 2.13. The first-order valence-electron chi connectivity index (χ1n) is 9.63. The summed E-state index contributed by atoms with van der Waals surface area (Å²) in [6.45, 7) is 8.09. The van der Waals surface area contributed by atoms with Crippen molar-refractivity contribution in [3.63, 3.8) is 0 Å². The molecule has 0 radical (unpaired) electrons. The van der Waals surface area contributed by atoms with Crippen molar-refractivity contribution in [2.45, 2.75) is 33.6 Å². The molecule has 3 aromatic rings. The average Bonchev–Trinajstić information content (AvgIpc) is 3.16. The Morgan fingerprint density at radius 1 is 1.07 bits per heavy atom. The number of anilines is 1. The van der Waals surface area contributed by atoms with E-state index in [1.807, 2.05) is 12.1 Å². The first-order chi connectivity index (χ1) is 13.6. The number of aliphatic imine (C=N–C) groups is 1. The Kier molecular flexibility index (Phi) is 5.10. The fraction of sp³-hybridized carbons (Fsp3) is 0.318. The molecule has 0 saturated heterocycles. The molecule has 2 heterocycles. The third-order valence-electron chi connectivity index (χ3n) is 4.95. The van der Waals surface area contributed by atoms with Gasteiger partial charge in [-0.3, -0.25) is 4.99 Å². The number of rotatable bonds is 4. The van der Waals surface area contributed by atoms with E-state index in [0.29, 0.717) is 18.1 Å². The van der Waals surface area contributed by atoms with Crippen LogP contribution in [0, 0.1) is 20.8 Å². The molecule has 0 bridgehead atoms. The number of benzene rings is 2. The van der Waals surface area contributed by atoms with Crippen LogP contribution in [0.25, 0.3) is 11.4 Å². The van der Waals surface area contributed by atoms with Gasteiger partial charge in [-0.25, -0.2) is 0 Å². The fourth-order valence-electron chi connectivity index (χ4n) is 3.25. The summed E-state index contributed by atoms with van der Waals surface area (Å²) >= 11 is 0. The maximum atomic E-state index is 5.49. The predicted octanol–water partition coefficient (Wildman–Crippen LogP) is 4.01. The standard InChI is InChI=1S/C22H25N5O/c1-14-5-7-17(8-6-14)21-26-20(28-27-21)13-18-11-16(3)19(12-15(18)2)25-22-23-9-4-10-24-22/h5-8,11-12H,4,9-10,13H2,1-3H3,(H2,23,24,25). The monoisotopic (exact) mass is 375 g/mol. The predicted molar refractivity (Wildman–Crippen MR) is 112 cm³/mol. The van der Waals surface area contributed by atoms with Crippen LogP contribution in [0.4, 0.5) is 5.69 Å². The molecule has 6 nitrogen and oxygen atoms in total. The van der Waals surface area contributed by atoms with Gasteiger partial charge in [0, 0.05) is 24.3 Å². The molecule has 1 aromatic heterocycles. The van der Waals surface area contributed by atoms with Gasteiger partial charge in [-0.1, -0.05) is 41.1 Å².